The van der Waals surface area contributed by atoms with Crippen LogP contribution >= 0.6 is 0 Å². The van der Waals surface area contributed by atoms with Crippen molar-refractivity contribution in [2.24, 2.45) is 0 Å². The second-order valence-electron chi connectivity index (χ2n) is 4.85. The van der Waals surface area contributed by atoms with Crippen LogP contribution in [-0.4, -0.2) is 27.1 Å². The van der Waals surface area contributed by atoms with Crippen LogP contribution in [0.3, 0.4) is 0 Å². The first-order chi connectivity index (χ1) is 7.68. The Balaban J connectivity index is 1.91. The standard InChI is InChI=1S/C12H22N4/c1-9-5-4-6-10(2)16(9)15-7-12-11(3)13-8-14-12/h8-10,15H,4-7H2,1-3H3,(H,13,14). The highest BCUT2D eigenvalue weighted by Gasteiger charge is 2.24. The molecule has 2 atom stereocenters. The molecule has 0 amide bonds. The van der Waals surface area contributed by atoms with Crippen LogP contribution < -0.4 is 5.43 Å². The van der Waals surface area contributed by atoms with Gasteiger partial charge in [0, 0.05) is 17.8 Å². The third-order valence-electron chi connectivity index (χ3n) is 3.56. The number of imidazole rings is 1. The van der Waals surface area contributed by atoms with Crippen molar-refractivity contribution in [2.75, 3.05) is 0 Å². The van der Waals surface area contributed by atoms with Crippen molar-refractivity contribution >= 4 is 0 Å². The Morgan fingerprint density at radius 1 is 1.44 bits per heavy atom. The van der Waals surface area contributed by atoms with Gasteiger partial charge in [0.15, 0.2) is 0 Å². The van der Waals surface area contributed by atoms with Crippen molar-refractivity contribution in [3.8, 4) is 0 Å². The van der Waals surface area contributed by atoms with Crippen molar-refractivity contribution in [3.05, 3.63) is 17.7 Å². The van der Waals surface area contributed by atoms with E-state index in [4.69, 9.17) is 0 Å². The van der Waals surface area contributed by atoms with E-state index in [1.807, 2.05) is 0 Å². The quantitative estimate of drug-likeness (QED) is 0.822. The smallest absolute Gasteiger partial charge is 0.0925 e. The van der Waals surface area contributed by atoms with Gasteiger partial charge in [0.05, 0.1) is 18.6 Å². The predicted molar refractivity (Wildman–Crippen MR) is 64.8 cm³/mol. The molecule has 1 aromatic rings. The number of aromatic nitrogens is 2. The van der Waals surface area contributed by atoms with Crippen LogP contribution in [0.5, 0.6) is 0 Å². The van der Waals surface area contributed by atoms with Gasteiger partial charge in [0.2, 0.25) is 0 Å². The van der Waals surface area contributed by atoms with Gasteiger partial charge in [-0.3, -0.25) is 0 Å². The lowest BCUT2D eigenvalue weighted by molar-refractivity contribution is 0.0431. The first-order valence-corrected chi connectivity index (χ1v) is 6.19. The summed E-state index contributed by atoms with van der Waals surface area (Å²) in [6, 6.07) is 1.26. The number of nitrogens with one attached hydrogen (secondary N) is 2. The minimum absolute atomic E-state index is 0.628. The van der Waals surface area contributed by atoms with E-state index < -0.39 is 0 Å². The fourth-order valence-electron chi connectivity index (χ4n) is 2.46. The molecule has 1 saturated heterocycles. The topological polar surface area (TPSA) is 44.0 Å². The maximum Gasteiger partial charge on any atom is 0.0925 e. The molecular weight excluding hydrogens is 200 g/mol. The van der Waals surface area contributed by atoms with Crippen molar-refractivity contribution in [2.45, 2.75) is 58.7 Å². The van der Waals surface area contributed by atoms with Crippen LogP contribution in [0.25, 0.3) is 0 Å². The highest BCUT2D eigenvalue weighted by Crippen LogP contribution is 2.20. The van der Waals surface area contributed by atoms with Crippen LogP contribution in [0.4, 0.5) is 0 Å². The van der Waals surface area contributed by atoms with Gasteiger partial charge in [-0.25, -0.2) is 15.4 Å². The maximum atomic E-state index is 4.31. The normalized spacial score (nSPS) is 27.2. The molecule has 1 aromatic heterocycles. The molecule has 2 N–H and O–H groups in total. The largest absolute Gasteiger partial charge is 0.348 e. The third-order valence-corrected chi connectivity index (χ3v) is 3.56. The Kier molecular flexibility index (Phi) is 3.61. The molecule has 0 aliphatic carbocycles. The molecule has 4 nitrogen and oxygen atoms in total. The highest BCUT2D eigenvalue weighted by atomic mass is 15.5. The Labute approximate surface area is 97.4 Å². The van der Waals surface area contributed by atoms with Crippen LogP contribution in [0.2, 0.25) is 0 Å². The van der Waals surface area contributed by atoms with E-state index in [0.29, 0.717) is 12.1 Å². The zero-order chi connectivity index (χ0) is 11.5. The summed E-state index contributed by atoms with van der Waals surface area (Å²) in [6.45, 7) is 7.47. The summed E-state index contributed by atoms with van der Waals surface area (Å²) >= 11 is 0. The molecule has 2 unspecified atom stereocenters. The van der Waals surface area contributed by atoms with Gasteiger partial charge in [0.25, 0.3) is 0 Å². The van der Waals surface area contributed by atoms with Gasteiger partial charge in [-0.1, -0.05) is 6.42 Å². The number of hydrogen-bond donors (Lipinski definition) is 2. The predicted octanol–water partition coefficient (Wildman–Crippen LogP) is 1.99. The number of piperidine rings is 1. The summed E-state index contributed by atoms with van der Waals surface area (Å²) in [5.41, 5.74) is 5.79. The molecule has 16 heavy (non-hydrogen) atoms. The molecule has 2 rings (SSSR count). The molecule has 0 saturated carbocycles. The van der Waals surface area contributed by atoms with E-state index in [1.165, 1.54) is 19.3 Å². The number of nitrogens with zero attached hydrogens (tertiary/aromatic N) is 2. The second kappa shape index (κ2) is 4.97. The van der Waals surface area contributed by atoms with E-state index in [-0.39, 0.29) is 0 Å². The molecule has 0 aromatic carbocycles. The first-order valence-electron chi connectivity index (χ1n) is 6.19. The Bertz CT molecular complexity index is 324. The number of hydrogen-bond acceptors (Lipinski definition) is 3. The molecule has 1 fully saturated rings. The number of H-pyrrole nitrogens is 1. The Morgan fingerprint density at radius 2 is 2.12 bits per heavy atom. The molecule has 90 valence electrons. The lowest BCUT2D eigenvalue weighted by Crippen LogP contribution is -2.51. The van der Waals surface area contributed by atoms with Crippen LogP contribution in [-0.2, 0) is 6.54 Å². The van der Waals surface area contributed by atoms with Crippen molar-refractivity contribution in [1.29, 1.82) is 0 Å². The number of hydrazine groups is 1. The SMILES string of the molecule is Cc1[nH]cnc1CNN1C(C)CCCC1C. The fraction of sp³-hybridized carbons (Fsp3) is 0.750. The van der Waals surface area contributed by atoms with Crippen LogP contribution in [0, 0.1) is 6.92 Å². The van der Waals surface area contributed by atoms with E-state index >= 15 is 0 Å². The average molecular weight is 222 g/mol. The maximum absolute atomic E-state index is 4.31. The summed E-state index contributed by atoms with van der Waals surface area (Å²) in [5.74, 6) is 0. The van der Waals surface area contributed by atoms with Gasteiger partial charge in [0.1, 0.15) is 0 Å². The molecule has 2 heterocycles. The van der Waals surface area contributed by atoms with Crippen molar-refractivity contribution < 1.29 is 0 Å². The lowest BCUT2D eigenvalue weighted by Gasteiger charge is -2.39. The summed E-state index contributed by atoms with van der Waals surface area (Å²) in [7, 11) is 0. The summed E-state index contributed by atoms with van der Waals surface area (Å²) in [5, 5.41) is 2.39. The van der Waals surface area contributed by atoms with Gasteiger partial charge in [-0.15, -0.1) is 0 Å². The van der Waals surface area contributed by atoms with Gasteiger partial charge < -0.3 is 4.98 Å². The minimum atomic E-state index is 0.628. The van der Waals surface area contributed by atoms with Crippen LogP contribution in [0.1, 0.15) is 44.5 Å². The van der Waals surface area contributed by atoms with E-state index in [0.717, 1.165) is 17.9 Å². The Hall–Kier alpha value is -0.870. The van der Waals surface area contributed by atoms with Crippen molar-refractivity contribution in [1.82, 2.24) is 20.4 Å². The third kappa shape index (κ3) is 2.44. The van der Waals surface area contributed by atoms with Gasteiger partial charge in [-0.05, 0) is 33.6 Å². The summed E-state index contributed by atoms with van der Waals surface area (Å²) in [4.78, 5) is 7.41. The van der Waals surface area contributed by atoms with E-state index in [9.17, 15) is 0 Å². The van der Waals surface area contributed by atoms with E-state index in [1.54, 1.807) is 6.33 Å². The first kappa shape index (κ1) is 11.6. The molecule has 1 aliphatic heterocycles. The molecule has 4 heteroatoms. The summed E-state index contributed by atoms with van der Waals surface area (Å²) in [6.07, 6.45) is 5.69. The zero-order valence-electron chi connectivity index (χ0n) is 10.5. The fourth-order valence-corrected chi connectivity index (χ4v) is 2.46. The lowest BCUT2D eigenvalue weighted by atomic mass is 10.00. The summed E-state index contributed by atoms with van der Waals surface area (Å²) < 4.78 is 0. The minimum Gasteiger partial charge on any atom is -0.348 e. The molecule has 0 spiro atoms. The molecule has 0 bridgehead atoms. The second-order valence-corrected chi connectivity index (χ2v) is 4.85. The van der Waals surface area contributed by atoms with Crippen molar-refractivity contribution in [3.63, 3.8) is 0 Å². The molecule has 1 aliphatic rings. The molecule has 0 radical (unpaired) electrons. The highest BCUT2D eigenvalue weighted by molar-refractivity contribution is 5.07. The van der Waals surface area contributed by atoms with Crippen LogP contribution in [0.15, 0.2) is 6.33 Å². The number of aryl methyl sites for hydroxylation is 1. The van der Waals surface area contributed by atoms with E-state index in [2.05, 4.69) is 41.2 Å². The number of aromatic amines is 1. The zero-order valence-corrected chi connectivity index (χ0v) is 10.5. The van der Waals surface area contributed by atoms with Gasteiger partial charge >= 0.3 is 0 Å². The Morgan fingerprint density at radius 3 is 2.69 bits per heavy atom. The average Bonchev–Trinajstić information content (AvgIpc) is 2.64. The monoisotopic (exact) mass is 222 g/mol. The number of rotatable bonds is 3. The van der Waals surface area contributed by atoms with Gasteiger partial charge in [-0.2, -0.15) is 0 Å². The molecular formula is C12H22N4.